The fourth-order valence-corrected chi connectivity index (χ4v) is 2.79. The highest BCUT2D eigenvalue weighted by Crippen LogP contribution is 2.34. The summed E-state index contributed by atoms with van der Waals surface area (Å²) < 4.78 is 25.9. The van der Waals surface area contributed by atoms with E-state index < -0.39 is 16.5 Å². The molecule has 2 rings (SSSR count). The molecule has 2 unspecified atom stereocenters. The predicted octanol–water partition coefficient (Wildman–Crippen LogP) is 3.83. The van der Waals surface area contributed by atoms with Crippen molar-refractivity contribution >= 4 is 27.8 Å². The van der Waals surface area contributed by atoms with Crippen LogP contribution in [0.5, 0.6) is 0 Å². The van der Waals surface area contributed by atoms with Crippen LogP contribution in [0.1, 0.15) is 30.0 Å². The summed E-state index contributed by atoms with van der Waals surface area (Å²) in [4.78, 5) is 0. The predicted molar refractivity (Wildman–Crippen MR) is 84.8 cm³/mol. The summed E-state index contributed by atoms with van der Waals surface area (Å²) >= 11 is 5.88. The van der Waals surface area contributed by atoms with E-state index in [-0.39, 0.29) is 5.92 Å². The molecule has 0 aromatic heterocycles. The number of hydrogen-bond acceptors (Lipinski definition) is 4. The molecule has 0 aliphatic heterocycles. The summed E-state index contributed by atoms with van der Waals surface area (Å²) in [6, 6.07) is 13.9. The zero-order chi connectivity index (χ0) is 15.4. The topological polar surface area (TPSA) is 72.5 Å². The van der Waals surface area contributed by atoms with Crippen LogP contribution in [-0.4, -0.2) is 8.42 Å². The number of hydrogen-bond donors (Lipinski definition) is 1. The second kappa shape index (κ2) is 6.74. The smallest absolute Gasteiger partial charge is 0.311 e. The summed E-state index contributed by atoms with van der Waals surface area (Å²) in [5.74, 6) is -0.108. The fraction of sp³-hybridized carbons (Fsp3) is 0.200. The van der Waals surface area contributed by atoms with Gasteiger partial charge in [0.2, 0.25) is 0 Å². The van der Waals surface area contributed by atoms with E-state index >= 15 is 0 Å². The Morgan fingerprint density at radius 2 is 1.52 bits per heavy atom. The van der Waals surface area contributed by atoms with Crippen molar-refractivity contribution in [2.24, 2.45) is 4.36 Å². The van der Waals surface area contributed by atoms with E-state index in [9.17, 15) is 8.42 Å². The van der Waals surface area contributed by atoms with Gasteiger partial charge in [0.1, 0.15) is 0 Å². The largest absolute Gasteiger partial charge is 0.399 e. The van der Waals surface area contributed by atoms with Crippen molar-refractivity contribution < 1.29 is 8.42 Å². The molecular weight excluding hydrogens is 308 g/mol. The molecule has 2 atom stereocenters. The number of halogens is 1. The van der Waals surface area contributed by atoms with Crippen molar-refractivity contribution in [3.05, 3.63) is 64.7 Å². The van der Waals surface area contributed by atoms with Gasteiger partial charge in [0.15, 0.2) is 0 Å². The quantitative estimate of drug-likeness (QED) is 0.869. The molecule has 0 bridgehead atoms. The highest BCUT2D eigenvalue weighted by molar-refractivity contribution is 7.61. The minimum atomic E-state index is -2.48. The van der Waals surface area contributed by atoms with E-state index in [0.717, 1.165) is 11.1 Å². The van der Waals surface area contributed by atoms with E-state index in [1.54, 1.807) is 36.4 Å². The Morgan fingerprint density at radius 3 is 2.05 bits per heavy atom. The molecule has 6 heteroatoms. The number of anilines is 1. The van der Waals surface area contributed by atoms with E-state index in [2.05, 4.69) is 4.36 Å². The molecule has 2 N–H and O–H groups in total. The average molecular weight is 323 g/mol. The van der Waals surface area contributed by atoms with Gasteiger partial charge in [-0.2, -0.15) is 12.8 Å². The Kier molecular flexibility index (Phi) is 4.98. The molecule has 0 fully saturated rings. The van der Waals surface area contributed by atoms with Gasteiger partial charge in [-0.1, -0.05) is 42.8 Å². The van der Waals surface area contributed by atoms with Crippen LogP contribution in [0.15, 0.2) is 52.9 Å². The molecule has 110 valence electrons. The van der Waals surface area contributed by atoms with Gasteiger partial charge in [-0.25, -0.2) is 0 Å². The van der Waals surface area contributed by atoms with E-state index in [1.807, 2.05) is 19.1 Å². The van der Waals surface area contributed by atoms with Gasteiger partial charge in [-0.05, 0) is 35.4 Å². The van der Waals surface area contributed by atoms with Crippen LogP contribution >= 0.6 is 11.6 Å². The first-order chi connectivity index (χ1) is 9.97. The highest BCUT2D eigenvalue weighted by atomic mass is 35.5. The van der Waals surface area contributed by atoms with Gasteiger partial charge in [0.25, 0.3) is 0 Å². The SMILES string of the molecule is CC(c1ccc(Cl)cc1)C(N=S(=O)=O)c1ccc(N)cc1. The molecule has 21 heavy (non-hydrogen) atoms. The first-order valence-corrected chi connectivity index (χ1v) is 7.79. The molecule has 0 aliphatic carbocycles. The Bertz CT molecular complexity index is 732. The lowest BCUT2D eigenvalue weighted by Gasteiger charge is -2.19. The van der Waals surface area contributed by atoms with Crippen LogP contribution in [0.4, 0.5) is 5.69 Å². The minimum absolute atomic E-state index is 0.108. The lowest BCUT2D eigenvalue weighted by atomic mass is 9.89. The lowest BCUT2D eigenvalue weighted by Crippen LogP contribution is -2.06. The third-order valence-corrected chi connectivity index (χ3v) is 4.00. The van der Waals surface area contributed by atoms with Crippen LogP contribution < -0.4 is 5.73 Å². The summed E-state index contributed by atoms with van der Waals surface area (Å²) in [5.41, 5.74) is 8.06. The zero-order valence-corrected chi connectivity index (χ0v) is 13.0. The maximum absolute atomic E-state index is 11.0. The van der Waals surface area contributed by atoms with Gasteiger partial charge in [-0.3, -0.25) is 0 Å². The Hall–Kier alpha value is -1.85. The number of rotatable bonds is 4. The maximum Gasteiger partial charge on any atom is 0.311 e. The maximum atomic E-state index is 11.0. The third kappa shape index (κ3) is 4.06. The highest BCUT2D eigenvalue weighted by Gasteiger charge is 2.21. The van der Waals surface area contributed by atoms with Gasteiger partial charge < -0.3 is 5.73 Å². The molecule has 0 heterocycles. The van der Waals surface area contributed by atoms with Crippen LogP contribution in [0, 0.1) is 0 Å². The summed E-state index contributed by atoms with van der Waals surface area (Å²) in [6.07, 6.45) is 0. The van der Waals surface area contributed by atoms with Gasteiger partial charge >= 0.3 is 10.5 Å². The summed E-state index contributed by atoms with van der Waals surface area (Å²) in [5, 5.41) is 0.638. The van der Waals surface area contributed by atoms with Crippen molar-refractivity contribution in [3.8, 4) is 0 Å². The van der Waals surface area contributed by atoms with Crippen LogP contribution in [0.25, 0.3) is 0 Å². The standard InChI is InChI=1S/C15H15ClN2O2S/c1-10(11-2-6-13(16)7-3-11)15(18-21(19)20)12-4-8-14(17)9-5-12/h2-10,15H,17H2,1H3. The molecule has 0 saturated carbocycles. The molecule has 0 aliphatic rings. The monoisotopic (exact) mass is 322 g/mol. The fourth-order valence-electron chi connectivity index (χ4n) is 2.18. The Morgan fingerprint density at radius 1 is 1.00 bits per heavy atom. The molecule has 0 amide bonds. The van der Waals surface area contributed by atoms with Crippen molar-refractivity contribution in [3.63, 3.8) is 0 Å². The molecule has 0 spiro atoms. The second-order valence-corrected chi connectivity index (χ2v) is 5.86. The minimum Gasteiger partial charge on any atom is -0.399 e. The molecule has 2 aromatic carbocycles. The van der Waals surface area contributed by atoms with Crippen LogP contribution in [-0.2, 0) is 10.5 Å². The Balaban J connectivity index is 2.42. The number of nitrogens with zero attached hydrogens (tertiary/aromatic N) is 1. The van der Waals surface area contributed by atoms with Crippen molar-refractivity contribution in [2.75, 3.05) is 5.73 Å². The van der Waals surface area contributed by atoms with Crippen LogP contribution in [0.3, 0.4) is 0 Å². The zero-order valence-electron chi connectivity index (χ0n) is 11.4. The van der Waals surface area contributed by atoms with Gasteiger partial charge in [-0.15, -0.1) is 0 Å². The number of nitrogen functional groups attached to an aromatic ring is 1. The van der Waals surface area contributed by atoms with E-state index in [1.165, 1.54) is 0 Å². The first-order valence-electron chi connectivity index (χ1n) is 6.38. The molecule has 0 radical (unpaired) electrons. The molecule has 0 saturated heterocycles. The van der Waals surface area contributed by atoms with Gasteiger partial charge in [0.05, 0.1) is 6.04 Å². The van der Waals surface area contributed by atoms with E-state index in [4.69, 9.17) is 17.3 Å². The van der Waals surface area contributed by atoms with E-state index in [0.29, 0.717) is 10.7 Å². The first kappa shape index (κ1) is 15.5. The van der Waals surface area contributed by atoms with Crippen molar-refractivity contribution in [2.45, 2.75) is 18.9 Å². The number of benzene rings is 2. The van der Waals surface area contributed by atoms with Crippen molar-refractivity contribution in [1.82, 2.24) is 0 Å². The summed E-state index contributed by atoms with van der Waals surface area (Å²) in [7, 11) is -2.48. The van der Waals surface area contributed by atoms with Gasteiger partial charge in [0, 0.05) is 16.6 Å². The Labute approximate surface area is 130 Å². The van der Waals surface area contributed by atoms with Crippen molar-refractivity contribution in [1.29, 1.82) is 0 Å². The molecule has 2 aromatic rings. The van der Waals surface area contributed by atoms with Crippen LogP contribution in [0.2, 0.25) is 5.02 Å². The lowest BCUT2D eigenvalue weighted by molar-refractivity contribution is 0.582. The molecule has 4 nitrogen and oxygen atoms in total. The summed E-state index contributed by atoms with van der Waals surface area (Å²) in [6.45, 7) is 1.93. The third-order valence-electron chi connectivity index (χ3n) is 3.35. The molecular formula is C15H15ClN2O2S. The second-order valence-electron chi connectivity index (χ2n) is 4.77. The average Bonchev–Trinajstić information content (AvgIpc) is 2.46. The normalized spacial score (nSPS) is 13.4. The number of nitrogens with two attached hydrogens (primary N) is 1.